The summed E-state index contributed by atoms with van der Waals surface area (Å²) in [5.74, 6) is -2.80. The van der Waals surface area contributed by atoms with Crippen molar-refractivity contribution in [2.24, 2.45) is 52.8 Å². The molecule has 32 heteroatoms. The van der Waals surface area contributed by atoms with E-state index in [4.69, 9.17) is 35.7 Å². The van der Waals surface area contributed by atoms with E-state index in [0.717, 1.165) is 53.5 Å². The van der Waals surface area contributed by atoms with Gasteiger partial charge in [0.05, 0.1) is 44.0 Å². The molecule has 0 aromatic carbocycles. The van der Waals surface area contributed by atoms with E-state index in [1.807, 2.05) is 13.8 Å². The minimum atomic E-state index is -3.56. The molecule has 24 nitrogen and oxygen atoms in total. The predicted molar refractivity (Wildman–Crippen MR) is 318 cm³/mol. The molecule has 4 aliphatic heterocycles. The number of ether oxygens (including phenoxy) is 4. The highest BCUT2D eigenvalue weighted by Crippen LogP contribution is 2.64. The van der Waals surface area contributed by atoms with Crippen molar-refractivity contribution in [1.29, 1.82) is 0 Å². The van der Waals surface area contributed by atoms with Crippen LogP contribution in [0, 0.1) is 52.8 Å². The number of carbonyl (C=O) groups is 8. The molecule has 0 radical (unpaired) electrons. The highest BCUT2D eigenvalue weighted by atomic mass is 32.2. The lowest BCUT2D eigenvalue weighted by Gasteiger charge is -2.33. The van der Waals surface area contributed by atoms with Gasteiger partial charge < -0.3 is 18.9 Å². The Bertz CT molecular complexity index is 3400. The highest BCUT2D eigenvalue weighted by Gasteiger charge is 2.73. The molecule has 0 spiro atoms. The molecule has 21 unspecified atom stereocenters. The van der Waals surface area contributed by atoms with Crippen molar-refractivity contribution in [3.05, 3.63) is 48.6 Å². The molecule has 12 aliphatic rings. The summed E-state index contributed by atoms with van der Waals surface area (Å²) in [4.78, 5) is 93.3. The standard InChI is InChI=1S/3C14H18O6S2.C13H16O6S2/c1-7(2)13(16)21-6-10(15)19-12-11-8-4-14(12,3)5-9(8)22(17,18)20-11;1-7(2)13(16)21-6-11(15)19-12-8-4-9-10(5-8)22(17,18)20-14(9,12)3;1-6(2)14(16)21-5-10(15)19-11-8-4-9-12(11)20-22(17,18)13(9)7(8)3;1-6(2)13(15)20-5-10(14)18-11-7-3-8-9(4-7)21(16,17)19-12(8)11/h8-9,11-12H,1,4-6H2,2-3H3;8-10,12H,1,4-6H2,2-3H3;7-9,11-13H,1,4-5H2,2-3H3;7-9,11-12H,1,3-5H2,2H3. The number of thioether (sulfide) groups is 4. The van der Waals surface area contributed by atoms with Crippen LogP contribution in [-0.2, 0) is 115 Å². The van der Waals surface area contributed by atoms with Crippen molar-refractivity contribution in [1.82, 2.24) is 0 Å². The largest absolute Gasteiger partial charge is 0.459 e. The van der Waals surface area contributed by atoms with Crippen LogP contribution in [-0.4, -0.2) is 170 Å². The zero-order valence-electron chi connectivity index (χ0n) is 48.6. The molecule has 12 fully saturated rings. The summed E-state index contributed by atoms with van der Waals surface area (Å²) in [5, 5.41) is -2.82. The molecule has 0 aromatic rings. The van der Waals surface area contributed by atoms with Crippen molar-refractivity contribution in [3.8, 4) is 0 Å². The highest BCUT2D eigenvalue weighted by molar-refractivity contribution is 8.15. The Morgan fingerprint density at radius 2 is 0.897 bits per heavy atom. The SMILES string of the molecule is C=C(C)C(=O)SCC(=O)OC1C2CC3C(C2)S(=O)(=O)OC31C.C=C(C)C(=O)SCC(=O)OC1C2CC3C1OS(=O)(=O)C3C2.C=C(C)C(=O)SCC(=O)OC1C2CC3C1OS(=O)(=O)C3C2C.C=C(C)C(=O)SCC(=O)OC1C2OS(=O)(=O)C3CC1(C)CC23. The van der Waals surface area contributed by atoms with Gasteiger partial charge in [-0.2, -0.15) is 33.7 Å². The molecule has 4 heterocycles. The van der Waals surface area contributed by atoms with E-state index in [2.05, 4.69) is 26.3 Å². The first-order valence-corrected chi connectivity index (χ1v) is 37.9. The van der Waals surface area contributed by atoms with E-state index < -0.39 is 134 Å². The summed E-state index contributed by atoms with van der Waals surface area (Å²) in [6, 6.07) is 0. The molecular formula is C55H70O24S8. The minimum absolute atomic E-state index is 0.0167. The summed E-state index contributed by atoms with van der Waals surface area (Å²) in [6.07, 6.45) is 0.482. The van der Waals surface area contributed by atoms with Crippen LogP contribution in [0.5, 0.6) is 0 Å². The maximum absolute atomic E-state index is 12.0. The fraction of sp³-hybridized carbons (Fsp3) is 0.709. The third kappa shape index (κ3) is 13.2. The van der Waals surface area contributed by atoms with Crippen molar-refractivity contribution < 1.29 is 108 Å². The van der Waals surface area contributed by atoms with Gasteiger partial charge in [-0.15, -0.1) is 0 Å². The van der Waals surface area contributed by atoms with Crippen molar-refractivity contribution >= 4 is 132 Å². The number of hydrogen-bond acceptors (Lipinski definition) is 28. The van der Waals surface area contributed by atoms with Gasteiger partial charge in [-0.05, 0) is 108 Å². The predicted octanol–water partition coefficient (Wildman–Crippen LogP) is 4.51. The number of carbonyl (C=O) groups excluding carboxylic acids is 8. The van der Waals surface area contributed by atoms with E-state index in [0.29, 0.717) is 60.8 Å². The van der Waals surface area contributed by atoms with Crippen LogP contribution in [0.3, 0.4) is 0 Å². The quantitative estimate of drug-likeness (QED) is 0.0887. The van der Waals surface area contributed by atoms with Crippen molar-refractivity contribution in [3.63, 3.8) is 0 Å². The fourth-order valence-electron chi connectivity index (χ4n) is 15.2. The summed E-state index contributed by atoms with van der Waals surface area (Å²) in [7, 11) is -14.1. The number of rotatable bonds is 16. The molecule has 21 atom stereocenters. The lowest BCUT2D eigenvalue weighted by atomic mass is 9.82. The molecular weight excluding hydrogens is 1300 g/mol. The van der Waals surface area contributed by atoms with Crippen molar-refractivity contribution in [2.75, 3.05) is 23.0 Å². The Hall–Kier alpha value is -3.44. The average molecular weight is 1370 g/mol. The van der Waals surface area contributed by atoms with Crippen LogP contribution in [0.4, 0.5) is 0 Å². The van der Waals surface area contributed by atoms with Gasteiger partial charge in [0.1, 0.15) is 48.3 Å². The Kier molecular flexibility index (Phi) is 19.4. The molecule has 482 valence electrons. The first-order chi connectivity index (χ1) is 40.3. The summed E-state index contributed by atoms with van der Waals surface area (Å²) in [5.41, 5.74) is 0.184. The maximum Gasteiger partial charge on any atom is 0.316 e. The normalized spacial score (nSPS) is 40.1. The Morgan fingerprint density at radius 1 is 0.460 bits per heavy atom. The zero-order chi connectivity index (χ0) is 64.2. The van der Waals surface area contributed by atoms with Crippen LogP contribution in [0.15, 0.2) is 48.6 Å². The van der Waals surface area contributed by atoms with Gasteiger partial charge in [-0.3, -0.25) is 55.1 Å². The third-order valence-corrected chi connectivity index (χ3v) is 30.1. The lowest BCUT2D eigenvalue weighted by molar-refractivity contribution is -0.160. The van der Waals surface area contributed by atoms with E-state index in [-0.39, 0.29) is 96.2 Å². The Labute approximate surface area is 523 Å². The zero-order valence-corrected chi connectivity index (χ0v) is 55.2. The molecule has 87 heavy (non-hydrogen) atoms. The van der Waals surface area contributed by atoms with E-state index in [9.17, 15) is 72.0 Å². The van der Waals surface area contributed by atoms with Crippen LogP contribution in [0.25, 0.3) is 0 Å². The van der Waals surface area contributed by atoms with Gasteiger partial charge in [0.15, 0.2) is 0 Å². The van der Waals surface area contributed by atoms with Crippen molar-refractivity contribution in [2.45, 2.75) is 163 Å². The maximum atomic E-state index is 12.0. The number of esters is 4. The molecule has 12 rings (SSSR count). The van der Waals surface area contributed by atoms with E-state index in [1.54, 1.807) is 34.6 Å². The van der Waals surface area contributed by atoms with Crippen LogP contribution in [0.2, 0.25) is 0 Å². The van der Waals surface area contributed by atoms with Crippen LogP contribution < -0.4 is 0 Å². The molecule has 0 N–H and O–H groups in total. The second kappa shape index (κ2) is 24.9. The van der Waals surface area contributed by atoms with Gasteiger partial charge in [-0.1, -0.05) is 87.2 Å². The second-order valence-corrected chi connectivity index (χ2v) is 35.9. The number of hydrogen-bond donors (Lipinski definition) is 0. The summed E-state index contributed by atoms with van der Waals surface area (Å²) in [6.45, 7) is 25.9. The van der Waals surface area contributed by atoms with Crippen LogP contribution in [0.1, 0.15) is 93.4 Å². The molecule has 8 bridgehead atoms. The summed E-state index contributed by atoms with van der Waals surface area (Å²) >= 11 is 3.37. The van der Waals surface area contributed by atoms with Crippen LogP contribution >= 0.6 is 47.0 Å². The molecule has 8 saturated carbocycles. The van der Waals surface area contributed by atoms with Gasteiger partial charge in [-0.25, -0.2) is 0 Å². The van der Waals surface area contributed by atoms with Gasteiger partial charge in [0.2, 0.25) is 20.5 Å². The lowest BCUT2D eigenvalue weighted by Crippen LogP contribution is -2.47. The molecule has 4 saturated heterocycles. The molecule has 8 aliphatic carbocycles. The van der Waals surface area contributed by atoms with E-state index >= 15 is 0 Å². The molecule has 0 amide bonds. The third-order valence-electron chi connectivity index (χ3n) is 18.9. The first kappa shape index (κ1) is 67.9. The topological polar surface area (TPSA) is 347 Å². The smallest absolute Gasteiger partial charge is 0.316 e. The number of fused-ring (bicyclic) bond motifs is 4. The van der Waals surface area contributed by atoms with Gasteiger partial charge >= 0.3 is 23.9 Å². The van der Waals surface area contributed by atoms with E-state index in [1.165, 1.54) is 0 Å². The monoisotopic (exact) mass is 1370 g/mol. The second-order valence-electron chi connectivity index (χ2n) is 25.0. The minimum Gasteiger partial charge on any atom is -0.459 e. The van der Waals surface area contributed by atoms with Gasteiger partial charge in [0.25, 0.3) is 40.5 Å². The molecule has 0 aromatic heterocycles. The summed E-state index contributed by atoms with van der Waals surface area (Å²) < 4.78 is 138. The Morgan fingerprint density at radius 3 is 1.41 bits per heavy atom. The van der Waals surface area contributed by atoms with Gasteiger partial charge in [0, 0.05) is 46.8 Å². The first-order valence-electron chi connectivity index (χ1n) is 28.1. The fourth-order valence-corrected chi connectivity index (χ4v) is 25.5. The Balaban J connectivity index is 0.000000138. The average Bonchev–Trinajstić information content (AvgIpc) is 1.64.